The van der Waals surface area contributed by atoms with Crippen LogP contribution in [0, 0.1) is 5.92 Å². The summed E-state index contributed by atoms with van der Waals surface area (Å²) in [5.74, 6) is -2.23. The average molecular weight is 239 g/mol. The number of rotatable bonds is 4. The maximum absolute atomic E-state index is 11.6. The second-order valence-corrected chi connectivity index (χ2v) is 3.70. The van der Waals surface area contributed by atoms with E-state index in [1.807, 2.05) is 0 Å². The molecule has 0 radical (unpaired) electrons. The van der Waals surface area contributed by atoms with Crippen molar-refractivity contribution in [3.05, 3.63) is 28.2 Å². The minimum Gasteiger partial charge on any atom is -0.481 e. The average Bonchev–Trinajstić information content (AvgIpc) is 2.28. The molecule has 1 aromatic heterocycles. The van der Waals surface area contributed by atoms with Crippen LogP contribution < -0.4 is 10.9 Å². The standard InChI is InChI=1S/C10H13N3O4/c1-5(10(16)17)6(2)11-9(15)7-3-4-8(14)13-12-7/h3-6H,1-2H3,(H,11,15)(H,13,14)(H,16,17). The third-order valence-corrected chi connectivity index (χ3v) is 2.41. The molecule has 7 nitrogen and oxygen atoms in total. The van der Waals surface area contributed by atoms with Crippen molar-refractivity contribution in [2.75, 3.05) is 0 Å². The van der Waals surface area contributed by atoms with Gasteiger partial charge < -0.3 is 10.4 Å². The fourth-order valence-corrected chi connectivity index (χ4v) is 1.09. The van der Waals surface area contributed by atoms with Crippen molar-refractivity contribution in [2.45, 2.75) is 19.9 Å². The fraction of sp³-hybridized carbons (Fsp3) is 0.400. The molecule has 92 valence electrons. The molecule has 3 N–H and O–H groups in total. The summed E-state index contributed by atoms with van der Waals surface area (Å²) in [6.07, 6.45) is 0. The van der Waals surface area contributed by atoms with Gasteiger partial charge in [-0.15, -0.1) is 0 Å². The van der Waals surface area contributed by atoms with Gasteiger partial charge >= 0.3 is 5.97 Å². The highest BCUT2D eigenvalue weighted by Crippen LogP contribution is 2.03. The highest BCUT2D eigenvalue weighted by atomic mass is 16.4. The summed E-state index contributed by atoms with van der Waals surface area (Å²) < 4.78 is 0. The van der Waals surface area contributed by atoms with Crippen LogP contribution in [0.2, 0.25) is 0 Å². The Labute approximate surface area is 96.9 Å². The summed E-state index contributed by atoms with van der Waals surface area (Å²) >= 11 is 0. The van der Waals surface area contributed by atoms with Gasteiger partial charge in [0.25, 0.3) is 11.5 Å². The monoisotopic (exact) mass is 239 g/mol. The van der Waals surface area contributed by atoms with Crippen LogP contribution in [0.3, 0.4) is 0 Å². The molecule has 0 fully saturated rings. The smallest absolute Gasteiger partial charge is 0.308 e. The topological polar surface area (TPSA) is 112 Å². The molecule has 0 aliphatic rings. The number of carboxylic acid groups (broad SMARTS) is 1. The molecule has 0 bridgehead atoms. The Hall–Kier alpha value is -2.18. The first-order chi connectivity index (χ1) is 7.91. The van der Waals surface area contributed by atoms with Gasteiger partial charge in [0.1, 0.15) is 5.69 Å². The van der Waals surface area contributed by atoms with Gasteiger partial charge in [-0.2, -0.15) is 5.10 Å². The maximum atomic E-state index is 11.6. The maximum Gasteiger partial charge on any atom is 0.308 e. The van der Waals surface area contributed by atoms with E-state index in [-0.39, 0.29) is 5.69 Å². The second-order valence-electron chi connectivity index (χ2n) is 3.70. The molecule has 1 rings (SSSR count). The molecule has 2 unspecified atom stereocenters. The number of carbonyl (C=O) groups excluding carboxylic acids is 1. The summed E-state index contributed by atoms with van der Waals surface area (Å²) in [6.45, 7) is 3.08. The predicted octanol–water partition coefficient (Wildman–Crippen LogP) is -0.391. The molecule has 0 spiro atoms. The number of carboxylic acids is 1. The molecule has 2 atom stereocenters. The Morgan fingerprint density at radius 1 is 1.41 bits per heavy atom. The number of hydrogen-bond donors (Lipinski definition) is 3. The molecule has 1 aromatic rings. The van der Waals surface area contributed by atoms with Gasteiger partial charge in [-0.05, 0) is 19.9 Å². The number of hydrogen-bond acceptors (Lipinski definition) is 4. The van der Waals surface area contributed by atoms with Gasteiger partial charge in [-0.3, -0.25) is 14.4 Å². The zero-order valence-corrected chi connectivity index (χ0v) is 9.43. The van der Waals surface area contributed by atoms with Gasteiger partial charge in [0.05, 0.1) is 5.92 Å². The Morgan fingerprint density at radius 2 is 2.06 bits per heavy atom. The molecule has 0 saturated heterocycles. The predicted molar refractivity (Wildman–Crippen MR) is 58.6 cm³/mol. The zero-order valence-electron chi connectivity index (χ0n) is 9.43. The Morgan fingerprint density at radius 3 is 2.53 bits per heavy atom. The first-order valence-corrected chi connectivity index (χ1v) is 5.01. The fourth-order valence-electron chi connectivity index (χ4n) is 1.09. The van der Waals surface area contributed by atoms with Crippen molar-refractivity contribution in [1.82, 2.24) is 15.5 Å². The van der Waals surface area contributed by atoms with E-state index in [4.69, 9.17) is 5.11 Å². The number of aliphatic carboxylic acids is 1. The Kier molecular flexibility index (Phi) is 3.97. The number of amides is 1. The van der Waals surface area contributed by atoms with E-state index in [0.29, 0.717) is 0 Å². The zero-order chi connectivity index (χ0) is 13.0. The molecule has 1 heterocycles. The lowest BCUT2D eigenvalue weighted by Gasteiger charge is -2.17. The minimum absolute atomic E-state index is 0.0361. The molecule has 1 amide bonds. The van der Waals surface area contributed by atoms with Crippen LogP contribution in [0.5, 0.6) is 0 Å². The molecule has 17 heavy (non-hydrogen) atoms. The van der Waals surface area contributed by atoms with Gasteiger partial charge in [-0.25, -0.2) is 5.10 Å². The molecule has 0 aliphatic heterocycles. The first kappa shape index (κ1) is 12.9. The normalized spacial score (nSPS) is 13.8. The van der Waals surface area contributed by atoms with E-state index in [1.165, 1.54) is 19.1 Å². The van der Waals surface area contributed by atoms with E-state index in [0.717, 1.165) is 0 Å². The van der Waals surface area contributed by atoms with E-state index < -0.39 is 29.4 Å². The lowest BCUT2D eigenvalue weighted by atomic mass is 10.0. The quantitative estimate of drug-likeness (QED) is 0.662. The minimum atomic E-state index is -0.993. The highest BCUT2D eigenvalue weighted by molar-refractivity contribution is 5.92. The van der Waals surface area contributed by atoms with Crippen molar-refractivity contribution in [3.63, 3.8) is 0 Å². The lowest BCUT2D eigenvalue weighted by Crippen LogP contribution is -2.40. The third kappa shape index (κ3) is 3.40. The van der Waals surface area contributed by atoms with Crippen LogP contribution >= 0.6 is 0 Å². The number of H-pyrrole nitrogens is 1. The van der Waals surface area contributed by atoms with E-state index in [1.54, 1.807) is 6.92 Å². The SMILES string of the molecule is CC(NC(=O)c1ccc(=O)[nH]n1)C(C)C(=O)O. The van der Waals surface area contributed by atoms with Gasteiger partial charge in [0, 0.05) is 12.1 Å². The highest BCUT2D eigenvalue weighted by Gasteiger charge is 2.21. The summed E-state index contributed by atoms with van der Waals surface area (Å²) in [7, 11) is 0. The largest absolute Gasteiger partial charge is 0.481 e. The number of nitrogens with zero attached hydrogens (tertiary/aromatic N) is 1. The molecule has 0 aliphatic carbocycles. The Bertz CT molecular complexity index is 462. The number of aromatic nitrogens is 2. The van der Waals surface area contributed by atoms with Crippen LogP contribution in [0.15, 0.2) is 16.9 Å². The van der Waals surface area contributed by atoms with E-state index in [9.17, 15) is 14.4 Å². The van der Waals surface area contributed by atoms with Gasteiger partial charge in [-0.1, -0.05) is 0 Å². The lowest BCUT2D eigenvalue weighted by molar-refractivity contribution is -0.141. The first-order valence-electron chi connectivity index (χ1n) is 5.01. The Balaban J connectivity index is 2.69. The van der Waals surface area contributed by atoms with E-state index >= 15 is 0 Å². The summed E-state index contributed by atoms with van der Waals surface area (Å²) in [5.41, 5.74) is -0.373. The summed E-state index contributed by atoms with van der Waals surface area (Å²) in [6, 6.07) is 1.91. The van der Waals surface area contributed by atoms with Crippen molar-refractivity contribution in [1.29, 1.82) is 0 Å². The van der Waals surface area contributed by atoms with Gasteiger partial charge in [0.2, 0.25) is 0 Å². The number of aromatic amines is 1. The van der Waals surface area contributed by atoms with Crippen molar-refractivity contribution in [3.8, 4) is 0 Å². The second kappa shape index (κ2) is 5.24. The van der Waals surface area contributed by atoms with E-state index in [2.05, 4.69) is 15.5 Å². The third-order valence-electron chi connectivity index (χ3n) is 2.41. The van der Waals surface area contributed by atoms with Crippen LogP contribution in [0.1, 0.15) is 24.3 Å². The molecular weight excluding hydrogens is 226 g/mol. The van der Waals surface area contributed by atoms with Crippen LogP contribution in [-0.2, 0) is 4.79 Å². The molecule has 7 heteroatoms. The molecule has 0 saturated carbocycles. The van der Waals surface area contributed by atoms with Crippen LogP contribution in [0.25, 0.3) is 0 Å². The molecule has 0 aromatic carbocycles. The number of nitrogens with one attached hydrogen (secondary N) is 2. The van der Waals surface area contributed by atoms with Crippen LogP contribution in [0.4, 0.5) is 0 Å². The van der Waals surface area contributed by atoms with Crippen molar-refractivity contribution >= 4 is 11.9 Å². The van der Waals surface area contributed by atoms with Crippen molar-refractivity contribution < 1.29 is 14.7 Å². The summed E-state index contributed by atoms with van der Waals surface area (Å²) in [5, 5.41) is 16.9. The molecular formula is C10H13N3O4. The summed E-state index contributed by atoms with van der Waals surface area (Å²) in [4.78, 5) is 33.0. The van der Waals surface area contributed by atoms with Crippen LogP contribution in [-0.4, -0.2) is 33.2 Å². The number of carbonyl (C=O) groups is 2. The van der Waals surface area contributed by atoms with Gasteiger partial charge in [0.15, 0.2) is 0 Å². The van der Waals surface area contributed by atoms with Crippen molar-refractivity contribution in [2.24, 2.45) is 5.92 Å².